The molecule has 7 heteroatoms. The fourth-order valence-corrected chi connectivity index (χ4v) is 5.59. The number of nitrogens with zero attached hydrogens (tertiary/aromatic N) is 3. The Morgan fingerprint density at radius 3 is 2.45 bits per heavy atom. The lowest BCUT2D eigenvalue weighted by atomic mass is 9.91. The van der Waals surface area contributed by atoms with Gasteiger partial charge in [-0.15, -0.1) is 11.3 Å². The van der Waals surface area contributed by atoms with E-state index in [2.05, 4.69) is 23.6 Å². The molecule has 3 aliphatic heterocycles. The average Bonchev–Trinajstić information content (AvgIpc) is 3.30. The van der Waals surface area contributed by atoms with Gasteiger partial charge in [-0.3, -0.25) is 19.4 Å². The van der Waals surface area contributed by atoms with Crippen LogP contribution in [0.15, 0.2) is 23.2 Å². The van der Waals surface area contributed by atoms with Crippen LogP contribution in [0.3, 0.4) is 0 Å². The molecule has 0 aromatic carbocycles. The second-order valence-electron chi connectivity index (χ2n) is 8.62. The zero-order valence-electron chi connectivity index (χ0n) is 17.4. The zero-order chi connectivity index (χ0) is 20.4. The van der Waals surface area contributed by atoms with Crippen molar-refractivity contribution in [2.24, 2.45) is 11.8 Å². The van der Waals surface area contributed by atoms with E-state index in [1.54, 1.807) is 0 Å². The number of carbonyl (C=O) groups excluding carboxylic acids is 2. The number of amides is 2. The molecule has 1 aromatic rings. The fraction of sp³-hybridized carbons (Fsp3) is 0.636. The Morgan fingerprint density at radius 2 is 1.79 bits per heavy atom. The third kappa shape index (κ3) is 4.42. The Kier molecular flexibility index (Phi) is 6.37. The summed E-state index contributed by atoms with van der Waals surface area (Å²) in [6.07, 6.45) is 1.97. The molecule has 158 valence electrons. The molecule has 2 amide bonds. The van der Waals surface area contributed by atoms with Gasteiger partial charge < -0.3 is 9.64 Å². The topological polar surface area (TPSA) is 53.1 Å². The largest absolute Gasteiger partial charge is 0.379 e. The first-order chi connectivity index (χ1) is 14.0. The molecule has 4 heterocycles. The smallest absolute Gasteiger partial charge is 0.277 e. The Bertz CT molecular complexity index is 760. The van der Waals surface area contributed by atoms with Crippen LogP contribution < -0.4 is 0 Å². The number of carbonyl (C=O) groups is 2. The molecule has 29 heavy (non-hydrogen) atoms. The molecule has 0 aliphatic carbocycles. The predicted molar refractivity (Wildman–Crippen MR) is 114 cm³/mol. The maximum atomic E-state index is 13.4. The highest BCUT2D eigenvalue weighted by molar-refractivity contribution is 7.11. The molecule has 4 rings (SSSR count). The first kappa shape index (κ1) is 20.6. The molecule has 2 unspecified atom stereocenters. The normalized spacial score (nSPS) is 26.7. The molecular formula is C22H31N3O3S. The molecule has 2 atom stereocenters. The van der Waals surface area contributed by atoms with Crippen LogP contribution >= 0.6 is 11.3 Å². The maximum Gasteiger partial charge on any atom is 0.277 e. The number of morpholine rings is 1. The Morgan fingerprint density at radius 1 is 1.07 bits per heavy atom. The highest BCUT2D eigenvalue weighted by atomic mass is 32.1. The number of likely N-dealkylation sites (tertiary alicyclic amines) is 1. The molecule has 0 N–H and O–H groups in total. The molecule has 0 bridgehead atoms. The van der Waals surface area contributed by atoms with E-state index in [1.165, 1.54) is 22.7 Å². The molecular weight excluding hydrogens is 386 g/mol. The first-order valence-electron chi connectivity index (χ1n) is 10.7. The van der Waals surface area contributed by atoms with Crippen molar-refractivity contribution in [3.63, 3.8) is 0 Å². The van der Waals surface area contributed by atoms with Gasteiger partial charge in [-0.1, -0.05) is 19.9 Å². The third-order valence-corrected chi connectivity index (χ3v) is 6.94. The van der Waals surface area contributed by atoms with Crippen molar-refractivity contribution < 1.29 is 14.3 Å². The number of rotatable bonds is 6. The van der Waals surface area contributed by atoms with Crippen molar-refractivity contribution >= 4 is 28.7 Å². The standard InChI is InChI=1S/C22H31N3O3S/c1-16-13-17(2)15-24(14-16)20-19(18-5-3-12-29-18)21(26)25(22(20)27)7-4-6-23-8-10-28-11-9-23/h3,5,12,16-17H,4,6-11,13-15H2,1-2H3. The SMILES string of the molecule is CC1CC(C)CN(C2=C(c3cccs3)C(=O)N(CCCN3CCOCC3)C2=O)C1. The number of piperidine rings is 1. The molecule has 0 saturated carbocycles. The van der Waals surface area contributed by atoms with Gasteiger partial charge >= 0.3 is 0 Å². The zero-order valence-corrected chi connectivity index (χ0v) is 18.2. The number of imide groups is 1. The lowest BCUT2D eigenvalue weighted by molar-refractivity contribution is -0.137. The van der Waals surface area contributed by atoms with E-state index in [0.717, 1.165) is 57.2 Å². The maximum absolute atomic E-state index is 13.4. The number of hydrogen-bond acceptors (Lipinski definition) is 6. The van der Waals surface area contributed by atoms with E-state index < -0.39 is 0 Å². The van der Waals surface area contributed by atoms with Gasteiger partial charge in [-0.25, -0.2) is 0 Å². The summed E-state index contributed by atoms with van der Waals surface area (Å²) in [6.45, 7) is 10.9. The lowest BCUT2D eigenvalue weighted by Gasteiger charge is -2.37. The van der Waals surface area contributed by atoms with Gasteiger partial charge in [0.1, 0.15) is 5.70 Å². The van der Waals surface area contributed by atoms with Crippen molar-refractivity contribution in [1.29, 1.82) is 0 Å². The van der Waals surface area contributed by atoms with Crippen LogP contribution in [0.1, 0.15) is 31.6 Å². The van der Waals surface area contributed by atoms with Crippen molar-refractivity contribution in [2.75, 3.05) is 52.5 Å². The van der Waals surface area contributed by atoms with Gasteiger partial charge in [0.25, 0.3) is 11.8 Å². The van der Waals surface area contributed by atoms with Gasteiger partial charge in [0, 0.05) is 44.1 Å². The Hall–Kier alpha value is -1.70. The average molecular weight is 418 g/mol. The van der Waals surface area contributed by atoms with E-state index in [1.807, 2.05) is 17.5 Å². The van der Waals surface area contributed by atoms with Gasteiger partial charge in [-0.2, -0.15) is 0 Å². The second kappa shape index (κ2) is 8.98. The van der Waals surface area contributed by atoms with Crippen LogP contribution in [0, 0.1) is 11.8 Å². The monoisotopic (exact) mass is 417 g/mol. The summed E-state index contributed by atoms with van der Waals surface area (Å²) in [5, 5.41) is 1.97. The summed E-state index contributed by atoms with van der Waals surface area (Å²) in [4.78, 5) is 33.6. The number of hydrogen-bond donors (Lipinski definition) is 0. The van der Waals surface area contributed by atoms with E-state index in [-0.39, 0.29) is 11.8 Å². The molecule has 2 fully saturated rings. The summed E-state index contributed by atoms with van der Waals surface area (Å²) in [7, 11) is 0. The number of ether oxygens (including phenoxy) is 1. The van der Waals surface area contributed by atoms with Crippen LogP contribution in [-0.4, -0.2) is 79.0 Å². The number of thiophene rings is 1. The quantitative estimate of drug-likeness (QED) is 0.666. The van der Waals surface area contributed by atoms with Crippen molar-refractivity contribution in [3.05, 3.63) is 28.1 Å². The van der Waals surface area contributed by atoms with Gasteiger partial charge in [0.2, 0.25) is 0 Å². The minimum absolute atomic E-state index is 0.110. The fourth-order valence-electron chi connectivity index (χ4n) is 4.83. The van der Waals surface area contributed by atoms with Crippen LogP contribution in [0.25, 0.3) is 5.57 Å². The minimum atomic E-state index is -0.125. The Labute approximate surface area is 177 Å². The van der Waals surface area contributed by atoms with Crippen molar-refractivity contribution in [1.82, 2.24) is 14.7 Å². The van der Waals surface area contributed by atoms with E-state index in [0.29, 0.717) is 29.7 Å². The Balaban J connectivity index is 1.52. The molecule has 1 aromatic heterocycles. The van der Waals surface area contributed by atoms with Crippen LogP contribution in [0.2, 0.25) is 0 Å². The highest BCUT2D eigenvalue weighted by Crippen LogP contribution is 2.36. The van der Waals surface area contributed by atoms with Gasteiger partial charge in [0.05, 0.1) is 18.8 Å². The van der Waals surface area contributed by atoms with E-state index >= 15 is 0 Å². The van der Waals surface area contributed by atoms with Crippen LogP contribution in [-0.2, 0) is 14.3 Å². The minimum Gasteiger partial charge on any atom is -0.379 e. The first-order valence-corrected chi connectivity index (χ1v) is 11.6. The summed E-state index contributed by atoms with van der Waals surface area (Å²) < 4.78 is 5.40. The summed E-state index contributed by atoms with van der Waals surface area (Å²) in [5.41, 5.74) is 1.24. The van der Waals surface area contributed by atoms with Crippen molar-refractivity contribution in [2.45, 2.75) is 26.7 Å². The highest BCUT2D eigenvalue weighted by Gasteiger charge is 2.42. The molecule has 0 radical (unpaired) electrons. The third-order valence-electron chi connectivity index (χ3n) is 6.06. The predicted octanol–water partition coefficient (Wildman–Crippen LogP) is 2.53. The molecule has 6 nitrogen and oxygen atoms in total. The van der Waals surface area contributed by atoms with Crippen molar-refractivity contribution in [3.8, 4) is 0 Å². The van der Waals surface area contributed by atoms with Crippen LogP contribution in [0.5, 0.6) is 0 Å². The van der Waals surface area contributed by atoms with E-state index in [4.69, 9.17) is 4.74 Å². The second-order valence-corrected chi connectivity index (χ2v) is 9.57. The summed E-state index contributed by atoms with van der Waals surface area (Å²) in [5.74, 6) is 0.810. The van der Waals surface area contributed by atoms with Gasteiger partial charge in [0.15, 0.2) is 0 Å². The molecule has 3 aliphatic rings. The van der Waals surface area contributed by atoms with Crippen LogP contribution in [0.4, 0.5) is 0 Å². The lowest BCUT2D eigenvalue weighted by Crippen LogP contribution is -2.42. The summed E-state index contributed by atoms with van der Waals surface area (Å²) >= 11 is 1.54. The molecule has 0 spiro atoms. The van der Waals surface area contributed by atoms with E-state index in [9.17, 15) is 9.59 Å². The van der Waals surface area contributed by atoms with Gasteiger partial charge in [-0.05, 0) is 36.1 Å². The molecule has 2 saturated heterocycles. The summed E-state index contributed by atoms with van der Waals surface area (Å²) in [6, 6.07) is 3.91.